The van der Waals surface area contributed by atoms with Gasteiger partial charge in [-0.1, -0.05) is 85.5 Å². The highest BCUT2D eigenvalue weighted by atomic mass is 79.9. The number of alkyl halides is 1. The van der Waals surface area contributed by atoms with E-state index >= 15 is 0 Å². The molecule has 7 heteroatoms. The monoisotopic (exact) mass is 470 g/mol. The third-order valence-corrected chi connectivity index (χ3v) is 7.15. The van der Waals surface area contributed by atoms with E-state index in [1.54, 1.807) is 26.8 Å². The topological polar surface area (TPSA) is 77.8 Å². The van der Waals surface area contributed by atoms with Crippen LogP contribution in [0.2, 0.25) is 0 Å². The highest BCUT2D eigenvalue weighted by molar-refractivity contribution is 9.10. The zero-order valence-electron chi connectivity index (χ0n) is 14.3. The van der Waals surface area contributed by atoms with E-state index in [1.165, 1.54) is 0 Å². The third-order valence-electron chi connectivity index (χ3n) is 3.97. The fourth-order valence-corrected chi connectivity index (χ4v) is 6.07. The van der Waals surface area contributed by atoms with E-state index in [1.807, 2.05) is 26.8 Å². The average molecular weight is 472 g/mol. The van der Waals surface area contributed by atoms with Crippen molar-refractivity contribution in [1.82, 2.24) is 0 Å². The van der Waals surface area contributed by atoms with Crippen molar-refractivity contribution >= 4 is 39.5 Å². The molecule has 0 aromatic heterocycles. The molecular weight excluding hydrogens is 447 g/mol. The number of aliphatic hydroxyl groups is 1. The molecule has 4 nitrogen and oxygen atoms in total. The van der Waals surface area contributed by atoms with Gasteiger partial charge in [-0.3, -0.25) is 4.57 Å². The lowest BCUT2D eigenvalue weighted by Crippen LogP contribution is -2.40. The van der Waals surface area contributed by atoms with Crippen LogP contribution in [0.1, 0.15) is 58.2 Å². The molecule has 0 bridgehead atoms. The van der Waals surface area contributed by atoms with E-state index in [-0.39, 0.29) is 11.0 Å². The molecular formula is C16H25Br2O4P. The van der Waals surface area contributed by atoms with Crippen LogP contribution in [-0.2, 0) is 20.7 Å². The molecule has 3 N–H and O–H groups in total. The standard InChI is InChI=1S/C16H25Br2O4P/c1-14(2,3)12-10(9-17)7-8-11(13(12)18)16(19,15(4,5)6)23(20,21)22/h7-8,19H,9H2,1-6H3,(H2,20,21,22). The minimum atomic E-state index is -4.84. The van der Waals surface area contributed by atoms with Crippen LogP contribution in [0.5, 0.6) is 0 Å². The van der Waals surface area contributed by atoms with Crippen molar-refractivity contribution in [3.63, 3.8) is 0 Å². The van der Waals surface area contributed by atoms with Gasteiger partial charge in [0.1, 0.15) is 0 Å². The molecule has 0 aliphatic carbocycles. The predicted octanol–water partition coefficient (Wildman–Crippen LogP) is 5.01. The zero-order chi connectivity index (χ0) is 18.4. The van der Waals surface area contributed by atoms with Gasteiger partial charge in [-0.25, -0.2) is 0 Å². The smallest absolute Gasteiger partial charge is 0.361 e. The number of hydrogen-bond acceptors (Lipinski definition) is 2. The summed E-state index contributed by atoms with van der Waals surface area (Å²) in [7, 11) is -4.84. The fourth-order valence-electron chi connectivity index (χ4n) is 2.81. The lowest BCUT2D eigenvalue weighted by molar-refractivity contribution is -0.00959. The maximum Gasteiger partial charge on any atom is 0.361 e. The normalized spacial score (nSPS) is 16.3. The van der Waals surface area contributed by atoms with Gasteiger partial charge in [-0.05, 0) is 16.5 Å². The maximum absolute atomic E-state index is 12.2. The minimum absolute atomic E-state index is 0.216. The van der Waals surface area contributed by atoms with Crippen LogP contribution in [-0.4, -0.2) is 14.9 Å². The number of halogens is 2. The first-order valence-corrected chi connectivity index (χ1v) is 10.8. The molecule has 0 saturated carbocycles. The second kappa shape index (κ2) is 6.54. The van der Waals surface area contributed by atoms with Crippen molar-refractivity contribution < 1.29 is 19.5 Å². The van der Waals surface area contributed by atoms with Gasteiger partial charge in [0, 0.05) is 20.8 Å². The number of hydrogen-bond donors (Lipinski definition) is 3. The van der Waals surface area contributed by atoms with Gasteiger partial charge in [0.05, 0.1) is 0 Å². The zero-order valence-corrected chi connectivity index (χ0v) is 18.4. The van der Waals surface area contributed by atoms with Gasteiger partial charge in [-0.15, -0.1) is 0 Å². The molecule has 1 rings (SSSR count). The van der Waals surface area contributed by atoms with E-state index < -0.39 is 18.4 Å². The SMILES string of the molecule is CC(C)(C)c1c(CBr)ccc(C(O)(C(C)(C)C)P(=O)(O)O)c1Br. The van der Waals surface area contributed by atoms with E-state index in [0.29, 0.717) is 9.80 Å². The Kier molecular flexibility index (Phi) is 6.07. The average Bonchev–Trinajstić information content (AvgIpc) is 2.32. The molecule has 0 spiro atoms. The highest BCUT2D eigenvalue weighted by Crippen LogP contribution is 2.65. The number of benzene rings is 1. The summed E-state index contributed by atoms with van der Waals surface area (Å²) in [6.45, 7) is 10.9. The molecule has 0 radical (unpaired) electrons. The minimum Gasteiger partial charge on any atom is -0.373 e. The lowest BCUT2D eigenvalue weighted by atomic mass is 9.79. The van der Waals surface area contributed by atoms with Crippen LogP contribution in [0.25, 0.3) is 0 Å². The first kappa shape index (κ1) is 21.3. The Morgan fingerprint density at radius 2 is 1.57 bits per heavy atom. The molecule has 1 aromatic carbocycles. The Morgan fingerprint density at radius 3 is 1.87 bits per heavy atom. The molecule has 23 heavy (non-hydrogen) atoms. The summed E-state index contributed by atoms with van der Waals surface area (Å²) in [5.41, 5.74) is 0.830. The van der Waals surface area contributed by atoms with E-state index in [4.69, 9.17) is 0 Å². The molecule has 0 fully saturated rings. The molecule has 0 aliphatic rings. The van der Waals surface area contributed by atoms with Crippen molar-refractivity contribution in [3.05, 3.63) is 33.3 Å². The second-order valence-electron chi connectivity index (χ2n) is 7.81. The quantitative estimate of drug-likeness (QED) is 0.427. The van der Waals surface area contributed by atoms with Gasteiger partial charge in [0.25, 0.3) is 0 Å². The van der Waals surface area contributed by atoms with Crippen LogP contribution in [0.4, 0.5) is 0 Å². The summed E-state index contributed by atoms with van der Waals surface area (Å²) in [5.74, 6) is 0. The van der Waals surface area contributed by atoms with Gasteiger partial charge in [0.15, 0.2) is 5.34 Å². The number of rotatable bonds is 3. The summed E-state index contributed by atoms with van der Waals surface area (Å²) in [5, 5.41) is 9.41. The molecule has 0 aliphatic heterocycles. The maximum atomic E-state index is 12.2. The van der Waals surface area contributed by atoms with Crippen molar-refractivity contribution in [2.24, 2.45) is 5.41 Å². The molecule has 0 heterocycles. The van der Waals surface area contributed by atoms with Crippen LogP contribution in [0, 0.1) is 5.41 Å². The van der Waals surface area contributed by atoms with Gasteiger partial charge >= 0.3 is 7.60 Å². The Labute approximate surface area is 155 Å². The van der Waals surface area contributed by atoms with Crippen molar-refractivity contribution in [3.8, 4) is 0 Å². The molecule has 1 atom stereocenters. The summed E-state index contributed by atoms with van der Waals surface area (Å²) in [6, 6.07) is 3.40. The summed E-state index contributed by atoms with van der Waals surface area (Å²) in [4.78, 5) is 19.8. The van der Waals surface area contributed by atoms with Crippen molar-refractivity contribution in [2.75, 3.05) is 0 Å². The van der Waals surface area contributed by atoms with Crippen LogP contribution < -0.4 is 0 Å². The fraction of sp³-hybridized carbons (Fsp3) is 0.625. The van der Waals surface area contributed by atoms with Gasteiger partial charge in [0.2, 0.25) is 0 Å². The lowest BCUT2D eigenvalue weighted by Gasteiger charge is -2.42. The Balaban J connectivity index is 3.90. The van der Waals surface area contributed by atoms with Gasteiger partial charge in [-0.2, -0.15) is 0 Å². The Bertz CT molecular complexity index is 641. The van der Waals surface area contributed by atoms with Crippen LogP contribution >= 0.6 is 39.5 Å². The summed E-state index contributed by atoms with van der Waals surface area (Å²) >= 11 is 6.96. The third kappa shape index (κ3) is 3.78. The predicted molar refractivity (Wildman–Crippen MR) is 101 cm³/mol. The summed E-state index contributed by atoms with van der Waals surface area (Å²) < 4.78 is 12.7. The first-order chi connectivity index (χ1) is 10.1. The van der Waals surface area contributed by atoms with E-state index in [2.05, 4.69) is 31.9 Å². The van der Waals surface area contributed by atoms with Crippen LogP contribution in [0.15, 0.2) is 16.6 Å². The van der Waals surface area contributed by atoms with E-state index in [0.717, 1.165) is 11.1 Å². The second-order valence-corrected chi connectivity index (χ2v) is 10.9. The highest BCUT2D eigenvalue weighted by Gasteiger charge is 2.56. The molecule has 132 valence electrons. The van der Waals surface area contributed by atoms with E-state index in [9.17, 15) is 19.5 Å². The molecule has 0 saturated heterocycles. The van der Waals surface area contributed by atoms with Gasteiger partial charge < -0.3 is 14.9 Å². The largest absolute Gasteiger partial charge is 0.373 e. The van der Waals surface area contributed by atoms with Crippen molar-refractivity contribution in [1.29, 1.82) is 0 Å². The first-order valence-electron chi connectivity index (χ1n) is 7.25. The molecule has 0 amide bonds. The summed E-state index contributed by atoms with van der Waals surface area (Å²) in [6.07, 6.45) is 0. The molecule has 1 unspecified atom stereocenters. The van der Waals surface area contributed by atoms with Crippen molar-refractivity contribution in [2.45, 2.75) is 57.6 Å². The molecule has 1 aromatic rings. The Morgan fingerprint density at radius 1 is 1.09 bits per heavy atom. The van der Waals surface area contributed by atoms with Crippen LogP contribution in [0.3, 0.4) is 0 Å². The Hall–Kier alpha value is 0.290.